The van der Waals surface area contributed by atoms with E-state index in [1.165, 1.54) is 6.42 Å². The van der Waals surface area contributed by atoms with Gasteiger partial charge in [0, 0.05) is 6.42 Å². The van der Waals surface area contributed by atoms with E-state index < -0.39 is 0 Å². The summed E-state index contributed by atoms with van der Waals surface area (Å²) in [5.41, 5.74) is 0.116. The van der Waals surface area contributed by atoms with Gasteiger partial charge in [0.05, 0.1) is 18.3 Å². The van der Waals surface area contributed by atoms with Crippen molar-refractivity contribution in [2.75, 3.05) is 6.61 Å². The SMILES string of the molecule is CCOC(=O)CCC[C@@H](C)CC[C@H]1OC1(C)C. The van der Waals surface area contributed by atoms with Crippen molar-refractivity contribution in [1.29, 1.82) is 0 Å². The number of epoxide rings is 1. The van der Waals surface area contributed by atoms with Crippen molar-refractivity contribution in [2.24, 2.45) is 5.92 Å². The van der Waals surface area contributed by atoms with Crippen LogP contribution in [0, 0.1) is 5.92 Å². The van der Waals surface area contributed by atoms with Gasteiger partial charge < -0.3 is 9.47 Å². The first-order chi connectivity index (χ1) is 7.95. The molecule has 0 amide bonds. The summed E-state index contributed by atoms with van der Waals surface area (Å²) in [6, 6.07) is 0. The fraction of sp³-hybridized carbons (Fsp3) is 0.929. The molecule has 3 nitrogen and oxygen atoms in total. The van der Waals surface area contributed by atoms with E-state index in [0.717, 1.165) is 19.3 Å². The molecular formula is C14H26O3. The molecule has 1 fully saturated rings. The molecule has 0 saturated carbocycles. The minimum Gasteiger partial charge on any atom is -0.466 e. The van der Waals surface area contributed by atoms with Crippen LogP contribution in [-0.2, 0) is 14.3 Å². The highest BCUT2D eigenvalue weighted by molar-refractivity contribution is 5.69. The van der Waals surface area contributed by atoms with Crippen molar-refractivity contribution >= 4 is 5.97 Å². The summed E-state index contributed by atoms with van der Waals surface area (Å²) in [6.07, 6.45) is 5.39. The summed E-state index contributed by atoms with van der Waals surface area (Å²) >= 11 is 0. The third-order valence-corrected chi connectivity index (χ3v) is 3.47. The molecule has 0 aromatic carbocycles. The third-order valence-electron chi connectivity index (χ3n) is 3.47. The zero-order valence-electron chi connectivity index (χ0n) is 11.6. The van der Waals surface area contributed by atoms with Crippen LogP contribution in [-0.4, -0.2) is 24.3 Å². The number of carbonyl (C=O) groups excluding carboxylic acids is 1. The van der Waals surface area contributed by atoms with E-state index in [0.29, 0.717) is 25.0 Å². The van der Waals surface area contributed by atoms with Crippen LogP contribution in [0.2, 0.25) is 0 Å². The van der Waals surface area contributed by atoms with Gasteiger partial charge in [-0.05, 0) is 46.0 Å². The summed E-state index contributed by atoms with van der Waals surface area (Å²) in [6.45, 7) is 8.87. The topological polar surface area (TPSA) is 38.8 Å². The predicted octanol–water partition coefficient (Wildman–Crippen LogP) is 3.31. The Balaban J connectivity index is 1.98. The van der Waals surface area contributed by atoms with E-state index in [1.54, 1.807) is 0 Å². The van der Waals surface area contributed by atoms with Crippen LogP contribution < -0.4 is 0 Å². The summed E-state index contributed by atoms with van der Waals surface area (Å²) in [5.74, 6) is 0.607. The van der Waals surface area contributed by atoms with E-state index in [-0.39, 0.29) is 11.6 Å². The second-order valence-electron chi connectivity index (χ2n) is 5.59. The summed E-state index contributed by atoms with van der Waals surface area (Å²) in [7, 11) is 0. The second-order valence-corrected chi connectivity index (χ2v) is 5.59. The molecule has 0 aromatic heterocycles. The van der Waals surface area contributed by atoms with E-state index in [9.17, 15) is 4.79 Å². The van der Waals surface area contributed by atoms with Gasteiger partial charge in [-0.3, -0.25) is 4.79 Å². The lowest BCUT2D eigenvalue weighted by Crippen LogP contribution is -2.07. The van der Waals surface area contributed by atoms with E-state index in [4.69, 9.17) is 9.47 Å². The van der Waals surface area contributed by atoms with Crippen LogP contribution in [0.4, 0.5) is 0 Å². The summed E-state index contributed by atoms with van der Waals surface area (Å²) in [5, 5.41) is 0. The molecule has 100 valence electrons. The number of ether oxygens (including phenoxy) is 2. The zero-order valence-corrected chi connectivity index (χ0v) is 11.6. The molecule has 0 radical (unpaired) electrons. The number of hydrogen-bond donors (Lipinski definition) is 0. The van der Waals surface area contributed by atoms with Crippen molar-refractivity contribution in [3.05, 3.63) is 0 Å². The van der Waals surface area contributed by atoms with Crippen LogP contribution >= 0.6 is 0 Å². The van der Waals surface area contributed by atoms with Gasteiger partial charge >= 0.3 is 5.97 Å². The largest absolute Gasteiger partial charge is 0.466 e. The monoisotopic (exact) mass is 242 g/mol. The molecule has 2 atom stereocenters. The molecule has 1 rings (SSSR count). The van der Waals surface area contributed by atoms with Gasteiger partial charge in [0.2, 0.25) is 0 Å². The predicted molar refractivity (Wildman–Crippen MR) is 67.8 cm³/mol. The molecule has 0 bridgehead atoms. The zero-order chi connectivity index (χ0) is 12.9. The molecule has 0 unspecified atom stereocenters. The Hall–Kier alpha value is -0.570. The Labute approximate surface area is 105 Å². The van der Waals surface area contributed by atoms with Crippen LogP contribution in [0.15, 0.2) is 0 Å². The Kier molecular flexibility index (Phi) is 5.44. The molecule has 17 heavy (non-hydrogen) atoms. The normalized spacial score (nSPS) is 23.2. The van der Waals surface area contributed by atoms with Gasteiger partial charge in [0.15, 0.2) is 0 Å². The molecule has 0 aliphatic carbocycles. The fourth-order valence-corrected chi connectivity index (χ4v) is 2.15. The average Bonchev–Trinajstić information content (AvgIpc) is 2.84. The maximum Gasteiger partial charge on any atom is 0.305 e. The first-order valence-electron chi connectivity index (χ1n) is 6.79. The van der Waals surface area contributed by atoms with Crippen molar-refractivity contribution < 1.29 is 14.3 Å². The number of rotatable bonds is 8. The summed E-state index contributed by atoms with van der Waals surface area (Å²) in [4.78, 5) is 11.1. The lowest BCUT2D eigenvalue weighted by atomic mass is 9.95. The quantitative estimate of drug-likeness (QED) is 0.484. The molecule has 1 heterocycles. The maximum atomic E-state index is 11.1. The van der Waals surface area contributed by atoms with Gasteiger partial charge in [-0.2, -0.15) is 0 Å². The summed E-state index contributed by atoms with van der Waals surface area (Å²) < 4.78 is 10.5. The van der Waals surface area contributed by atoms with Crippen molar-refractivity contribution in [2.45, 2.75) is 71.5 Å². The average molecular weight is 242 g/mol. The van der Waals surface area contributed by atoms with Crippen LogP contribution in [0.3, 0.4) is 0 Å². The number of hydrogen-bond acceptors (Lipinski definition) is 3. The molecule has 1 aliphatic rings. The number of carbonyl (C=O) groups is 1. The Morgan fingerprint density at radius 1 is 1.41 bits per heavy atom. The first-order valence-corrected chi connectivity index (χ1v) is 6.79. The second kappa shape index (κ2) is 6.39. The lowest BCUT2D eigenvalue weighted by molar-refractivity contribution is -0.143. The van der Waals surface area contributed by atoms with Gasteiger partial charge in [-0.1, -0.05) is 13.3 Å². The van der Waals surface area contributed by atoms with E-state index in [2.05, 4.69) is 20.8 Å². The molecule has 3 heteroatoms. The molecular weight excluding hydrogens is 216 g/mol. The Bertz CT molecular complexity index is 248. The van der Waals surface area contributed by atoms with Gasteiger partial charge in [-0.25, -0.2) is 0 Å². The molecule has 1 saturated heterocycles. The molecule has 0 N–H and O–H groups in total. The van der Waals surface area contributed by atoms with Crippen molar-refractivity contribution in [3.63, 3.8) is 0 Å². The smallest absolute Gasteiger partial charge is 0.305 e. The lowest BCUT2D eigenvalue weighted by Gasteiger charge is -2.10. The minimum absolute atomic E-state index is 0.0636. The number of esters is 1. The van der Waals surface area contributed by atoms with Crippen LogP contribution in [0.5, 0.6) is 0 Å². The fourth-order valence-electron chi connectivity index (χ4n) is 2.15. The van der Waals surface area contributed by atoms with Gasteiger partial charge in [0.1, 0.15) is 0 Å². The molecule has 0 aromatic rings. The third kappa shape index (κ3) is 5.53. The van der Waals surface area contributed by atoms with E-state index in [1.807, 2.05) is 6.92 Å². The van der Waals surface area contributed by atoms with E-state index >= 15 is 0 Å². The Morgan fingerprint density at radius 2 is 2.06 bits per heavy atom. The van der Waals surface area contributed by atoms with Gasteiger partial charge in [0.25, 0.3) is 0 Å². The maximum absolute atomic E-state index is 11.1. The van der Waals surface area contributed by atoms with Crippen LogP contribution in [0.25, 0.3) is 0 Å². The molecule has 1 aliphatic heterocycles. The van der Waals surface area contributed by atoms with Crippen LogP contribution in [0.1, 0.15) is 59.8 Å². The molecule has 0 spiro atoms. The van der Waals surface area contributed by atoms with Gasteiger partial charge in [-0.15, -0.1) is 0 Å². The van der Waals surface area contributed by atoms with Crippen molar-refractivity contribution in [1.82, 2.24) is 0 Å². The standard InChI is InChI=1S/C14H26O3/c1-5-16-13(15)8-6-7-11(2)9-10-12-14(3,4)17-12/h11-12H,5-10H2,1-4H3/t11-,12-/m1/s1. The first kappa shape index (κ1) is 14.5. The van der Waals surface area contributed by atoms with Crippen molar-refractivity contribution in [3.8, 4) is 0 Å². The highest BCUT2D eigenvalue weighted by Gasteiger charge is 2.46. The Morgan fingerprint density at radius 3 is 2.59 bits per heavy atom. The highest BCUT2D eigenvalue weighted by Crippen LogP contribution is 2.39. The minimum atomic E-state index is -0.0636. The highest BCUT2D eigenvalue weighted by atomic mass is 16.6.